The molecule has 0 aliphatic carbocycles. The number of benzene rings is 2. The Balaban J connectivity index is 1.93. The van der Waals surface area contributed by atoms with Crippen LogP contribution in [0.5, 0.6) is 11.5 Å². The van der Waals surface area contributed by atoms with E-state index in [1.165, 1.54) is 22.8 Å². The van der Waals surface area contributed by atoms with Gasteiger partial charge in [0.25, 0.3) is 5.56 Å². The molecule has 0 saturated carbocycles. The first-order chi connectivity index (χ1) is 16.8. The quantitative estimate of drug-likeness (QED) is 0.388. The first-order valence-electron chi connectivity index (χ1n) is 10.9. The molecule has 180 valence electrons. The minimum absolute atomic E-state index is 0.197. The molecule has 2 aromatic carbocycles. The average molecular weight is 493 g/mol. The number of ether oxygens (including phenoxy) is 3. The van der Waals surface area contributed by atoms with Crippen molar-refractivity contribution in [2.45, 2.75) is 26.8 Å². The summed E-state index contributed by atoms with van der Waals surface area (Å²) < 4.78 is 17.8. The van der Waals surface area contributed by atoms with Crippen molar-refractivity contribution in [1.29, 1.82) is 0 Å². The van der Waals surface area contributed by atoms with E-state index in [0.717, 1.165) is 5.56 Å². The first-order valence-corrected chi connectivity index (χ1v) is 11.8. The second-order valence-electron chi connectivity index (χ2n) is 7.71. The predicted molar refractivity (Wildman–Crippen MR) is 131 cm³/mol. The topological polar surface area (TPSA) is 96.2 Å². The zero-order valence-electron chi connectivity index (χ0n) is 19.7. The second kappa shape index (κ2) is 10.1. The molecule has 1 aliphatic heterocycles. The standard InChI is InChI=1S/C26H24N2O6S/c1-5-33-25(31)22-15(2)27-26-28(23(22)17-10-12-19(32-4)13-11-17)24(30)21(35-26)14-18-8-6-7-9-20(18)34-16(3)29/h6-14,23H,5H2,1-4H3/b21-14+. The van der Waals surface area contributed by atoms with Crippen LogP contribution in [0.4, 0.5) is 0 Å². The van der Waals surface area contributed by atoms with Gasteiger partial charge in [-0.3, -0.25) is 14.2 Å². The van der Waals surface area contributed by atoms with E-state index >= 15 is 0 Å². The Morgan fingerprint density at radius 1 is 1.14 bits per heavy atom. The van der Waals surface area contributed by atoms with Gasteiger partial charge in [-0.05, 0) is 43.7 Å². The maximum atomic E-state index is 13.7. The Morgan fingerprint density at radius 2 is 1.86 bits per heavy atom. The first kappa shape index (κ1) is 24.2. The van der Waals surface area contributed by atoms with Gasteiger partial charge in [-0.2, -0.15) is 0 Å². The van der Waals surface area contributed by atoms with Crippen molar-refractivity contribution in [2.24, 2.45) is 4.99 Å². The van der Waals surface area contributed by atoms with Crippen LogP contribution >= 0.6 is 11.3 Å². The van der Waals surface area contributed by atoms with Crippen molar-refractivity contribution in [3.8, 4) is 11.5 Å². The molecule has 3 aromatic rings. The number of rotatable bonds is 6. The number of allylic oxidation sites excluding steroid dienone is 1. The van der Waals surface area contributed by atoms with Gasteiger partial charge < -0.3 is 14.2 Å². The minimum atomic E-state index is -0.720. The van der Waals surface area contributed by atoms with E-state index in [1.807, 2.05) is 12.1 Å². The molecule has 0 amide bonds. The summed E-state index contributed by atoms with van der Waals surface area (Å²) >= 11 is 1.20. The van der Waals surface area contributed by atoms with Crippen molar-refractivity contribution in [3.05, 3.63) is 90.6 Å². The zero-order chi connectivity index (χ0) is 25.1. The molecule has 9 heteroatoms. The van der Waals surface area contributed by atoms with E-state index in [2.05, 4.69) is 4.99 Å². The van der Waals surface area contributed by atoms with Crippen molar-refractivity contribution in [2.75, 3.05) is 13.7 Å². The second-order valence-corrected chi connectivity index (χ2v) is 8.72. The van der Waals surface area contributed by atoms with Crippen LogP contribution in [-0.4, -0.2) is 30.2 Å². The highest BCUT2D eigenvalue weighted by atomic mass is 32.1. The fourth-order valence-corrected chi connectivity index (χ4v) is 4.92. The monoisotopic (exact) mass is 492 g/mol. The van der Waals surface area contributed by atoms with Crippen molar-refractivity contribution in [1.82, 2.24) is 4.57 Å². The largest absolute Gasteiger partial charge is 0.497 e. The van der Waals surface area contributed by atoms with E-state index in [-0.39, 0.29) is 12.2 Å². The number of hydrogen-bond donors (Lipinski definition) is 0. The Labute approximate surface area is 205 Å². The van der Waals surface area contributed by atoms with Gasteiger partial charge in [0, 0.05) is 12.5 Å². The van der Waals surface area contributed by atoms with Crippen molar-refractivity contribution >= 4 is 29.4 Å². The van der Waals surface area contributed by atoms with Crippen LogP contribution in [0.1, 0.15) is 37.9 Å². The highest BCUT2D eigenvalue weighted by molar-refractivity contribution is 7.07. The Bertz CT molecular complexity index is 1500. The van der Waals surface area contributed by atoms with Crippen LogP contribution in [0, 0.1) is 0 Å². The van der Waals surface area contributed by atoms with E-state index in [0.29, 0.717) is 37.7 Å². The number of nitrogens with zero attached hydrogens (tertiary/aromatic N) is 2. The summed E-state index contributed by atoms with van der Waals surface area (Å²) in [5, 5.41) is 0. The van der Waals surface area contributed by atoms with Gasteiger partial charge in [0.2, 0.25) is 0 Å². The van der Waals surface area contributed by atoms with Crippen LogP contribution in [-0.2, 0) is 14.3 Å². The van der Waals surface area contributed by atoms with Gasteiger partial charge in [0.1, 0.15) is 11.5 Å². The molecular formula is C26H24N2O6S. The van der Waals surface area contributed by atoms with Gasteiger partial charge in [-0.25, -0.2) is 9.79 Å². The lowest BCUT2D eigenvalue weighted by Crippen LogP contribution is -2.39. The lowest BCUT2D eigenvalue weighted by molar-refractivity contribution is -0.139. The molecule has 0 saturated heterocycles. The lowest BCUT2D eigenvalue weighted by atomic mass is 9.96. The molecule has 0 spiro atoms. The smallest absolute Gasteiger partial charge is 0.338 e. The third-order valence-electron chi connectivity index (χ3n) is 5.41. The molecule has 1 aliphatic rings. The van der Waals surface area contributed by atoms with Crippen LogP contribution in [0.3, 0.4) is 0 Å². The summed E-state index contributed by atoms with van der Waals surface area (Å²) in [4.78, 5) is 43.1. The van der Waals surface area contributed by atoms with Gasteiger partial charge in [-0.1, -0.05) is 41.7 Å². The number of thiazole rings is 1. The van der Waals surface area contributed by atoms with Crippen LogP contribution in [0.25, 0.3) is 6.08 Å². The highest BCUT2D eigenvalue weighted by Crippen LogP contribution is 2.31. The maximum absolute atomic E-state index is 13.7. The summed E-state index contributed by atoms with van der Waals surface area (Å²) in [6, 6.07) is 13.4. The summed E-state index contributed by atoms with van der Waals surface area (Å²) in [5.41, 5.74) is 1.77. The average Bonchev–Trinajstić information content (AvgIpc) is 3.13. The zero-order valence-corrected chi connectivity index (χ0v) is 20.5. The van der Waals surface area contributed by atoms with E-state index in [1.54, 1.807) is 63.4 Å². The van der Waals surface area contributed by atoms with Gasteiger partial charge in [0.05, 0.1) is 35.6 Å². The fraction of sp³-hybridized carbons (Fsp3) is 0.231. The molecule has 0 bridgehead atoms. The number of hydrogen-bond acceptors (Lipinski definition) is 8. The molecule has 1 atom stereocenters. The van der Waals surface area contributed by atoms with Gasteiger partial charge in [0.15, 0.2) is 4.80 Å². The Kier molecular flexibility index (Phi) is 6.97. The maximum Gasteiger partial charge on any atom is 0.338 e. The van der Waals surface area contributed by atoms with Crippen molar-refractivity contribution in [3.63, 3.8) is 0 Å². The van der Waals surface area contributed by atoms with Crippen molar-refractivity contribution < 1.29 is 23.8 Å². The predicted octanol–water partition coefficient (Wildman–Crippen LogP) is 2.73. The van der Waals surface area contributed by atoms with Crippen LogP contribution in [0.2, 0.25) is 0 Å². The Morgan fingerprint density at radius 3 is 2.51 bits per heavy atom. The molecule has 2 heterocycles. The van der Waals surface area contributed by atoms with Crippen LogP contribution in [0.15, 0.2) is 69.6 Å². The number of fused-ring (bicyclic) bond motifs is 1. The molecule has 0 radical (unpaired) electrons. The molecule has 1 unspecified atom stereocenters. The van der Waals surface area contributed by atoms with Crippen LogP contribution < -0.4 is 24.4 Å². The number of carbonyl (C=O) groups excluding carboxylic acids is 2. The number of carbonyl (C=O) groups is 2. The van der Waals surface area contributed by atoms with E-state index in [9.17, 15) is 14.4 Å². The Hall–Kier alpha value is -3.98. The number of methoxy groups -OCH3 is 1. The number of para-hydroxylation sites is 1. The molecule has 0 N–H and O–H groups in total. The van der Waals surface area contributed by atoms with Gasteiger partial charge >= 0.3 is 11.9 Å². The molecular weight excluding hydrogens is 468 g/mol. The summed E-state index contributed by atoms with van der Waals surface area (Å²) in [5.74, 6) is 0.0214. The molecule has 0 fully saturated rings. The summed E-state index contributed by atoms with van der Waals surface area (Å²) in [6.45, 7) is 4.98. The van der Waals surface area contributed by atoms with E-state index in [4.69, 9.17) is 14.2 Å². The lowest BCUT2D eigenvalue weighted by Gasteiger charge is -2.24. The molecule has 35 heavy (non-hydrogen) atoms. The van der Waals surface area contributed by atoms with E-state index < -0.39 is 18.0 Å². The SMILES string of the molecule is CCOC(=O)C1=C(C)N=c2s/c(=C/c3ccccc3OC(C)=O)c(=O)n2C1c1ccc(OC)cc1. The molecule has 4 rings (SSSR count). The normalized spacial score (nSPS) is 15.3. The fourth-order valence-electron chi connectivity index (χ4n) is 3.88. The minimum Gasteiger partial charge on any atom is -0.497 e. The third kappa shape index (κ3) is 4.81. The third-order valence-corrected chi connectivity index (χ3v) is 6.39. The number of aromatic nitrogens is 1. The summed E-state index contributed by atoms with van der Waals surface area (Å²) in [7, 11) is 1.57. The molecule has 8 nitrogen and oxygen atoms in total. The van der Waals surface area contributed by atoms with Gasteiger partial charge in [-0.15, -0.1) is 0 Å². The highest BCUT2D eigenvalue weighted by Gasteiger charge is 2.33. The summed E-state index contributed by atoms with van der Waals surface area (Å²) in [6.07, 6.45) is 1.66. The molecule has 1 aromatic heterocycles. The number of esters is 2.